The maximum atomic E-state index is 8.47. The molecule has 3 nitrogen and oxygen atoms in total. The van der Waals surface area contributed by atoms with Gasteiger partial charge in [0.15, 0.2) is 0 Å². The van der Waals surface area contributed by atoms with Crippen LogP contribution in [0.4, 0.5) is 0 Å². The van der Waals surface area contributed by atoms with Crippen molar-refractivity contribution >= 4 is 12.4 Å². The van der Waals surface area contributed by atoms with E-state index in [-0.39, 0.29) is 19.0 Å². The van der Waals surface area contributed by atoms with Gasteiger partial charge in [0.2, 0.25) is 0 Å². The number of hydrogen-bond acceptors (Lipinski definition) is 2. The van der Waals surface area contributed by atoms with E-state index in [0.29, 0.717) is 6.54 Å². The van der Waals surface area contributed by atoms with Crippen molar-refractivity contribution in [2.75, 3.05) is 6.61 Å². The first-order valence-corrected chi connectivity index (χ1v) is 2.93. The normalized spacial score (nSPS) is 9.00. The van der Waals surface area contributed by atoms with E-state index < -0.39 is 0 Å². The van der Waals surface area contributed by atoms with Gasteiger partial charge in [0.1, 0.15) is 0 Å². The molecular weight excluding hydrogens is 152 g/mol. The molecule has 0 bridgehead atoms. The van der Waals surface area contributed by atoms with Crippen molar-refractivity contribution in [2.45, 2.75) is 13.5 Å². The standard InChI is InChI=1S/C6H10N2O.ClH/c1-6-4-7-8(5-6)2-3-9;/h4-5,9H,2-3H2,1H3;1H. The molecule has 1 aromatic heterocycles. The number of hydrogen-bond donors (Lipinski definition) is 1. The minimum Gasteiger partial charge on any atom is -0.394 e. The second kappa shape index (κ2) is 4.30. The van der Waals surface area contributed by atoms with Crippen LogP contribution in [0.1, 0.15) is 5.56 Å². The molecule has 0 amide bonds. The summed E-state index contributed by atoms with van der Waals surface area (Å²) in [5.41, 5.74) is 1.13. The van der Waals surface area contributed by atoms with Crippen molar-refractivity contribution in [1.29, 1.82) is 0 Å². The molecule has 0 aliphatic heterocycles. The van der Waals surface area contributed by atoms with Crippen LogP contribution in [0.5, 0.6) is 0 Å². The summed E-state index contributed by atoms with van der Waals surface area (Å²) in [5.74, 6) is 0. The molecule has 1 rings (SSSR count). The minimum absolute atomic E-state index is 0. The van der Waals surface area contributed by atoms with Crippen LogP contribution in [-0.4, -0.2) is 21.5 Å². The SMILES string of the molecule is Cc1cnn(CCO)c1.Cl. The second-order valence-corrected chi connectivity index (χ2v) is 2.00. The fourth-order valence-corrected chi connectivity index (χ4v) is 0.692. The Morgan fingerprint density at radius 1 is 1.70 bits per heavy atom. The summed E-state index contributed by atoms with van der Waals surface area (Å²) >= 11 is 0. The van der Waals surface area contributed by atoms with Gasteiger partial charge in [-0.05, 0) is 12.5 Å². The Kier molecular flexibility index (Phi) is 4.07. The molecule has 1 aromatic rings. The van der Waals surface area contributed by atoms with Crippen LogP contribution in [0.25, 0.3) is 0 Å². The fourth-order valence-electron chi connectivity index (χ4n) is 0.692. The average molecular weight is 163 g/mol. The molecule has 0 spiro atoms. The summed E-state index contributed by atoms with van der Waals surface area (Å²) in [7, 11) is 0. The third kappa shape index (κ3) is 2.37. The van der Waals surface area contributed by atoms with Crippen LogP contribution >= 0.6 is 12.4 Å². The molecule has 0 saturated carbocycles. The van der Waals surface area contributed by atoms with Crippen molar-refractivity contribution in [3.63, 3.8) is 0 Å². The third-order valence-corrected chi connectivity index (χ3v) is 1.09. The van der Waals surface area contributed by atoms with Crippen molar-refractivity contribution in [3.8, 4) is 0 Å². The summed E-state index contributed by atoms with van der Waals surface area (Å²) in [6.45, 7) is 2.72. The van der Waals surface area contributed by atoms with Crippen molar-refractivity contribution < 1.29 is 5.11 Å². The van der Waals surface area contributed by atoms with E-state index in [2.05, 4.69) is 5.10 Å². The molecule has 58 valence electrons. The van der Waals surface area contributed by atoms with E-state index in [0.717, 1.165) is 5.56 Å². The third-order valence-electron chi connectivity index (χ3n) is 1.09. The maximum absolute atomic E-state index is 8.47. The number of nitrogens with zero attached hydrogens (tertiary/aromatic N) is 2. The van der Waals surface area contributed by atoms with Gasteiger partial charge in [-0.3, -0.25) is 4.68 Å². The Morgan fingerprint density at radius 2 is 2.40 bits per heavy atom. The van der Waals surface area contributed by atoms with Crippen LogP contribution in [0, 0.1) is 6.92 Å². The van der Waals surface area contributed by atoms with Crippen molar-refractivity contribution in [2.24, 2.45) is 0 Å². The molecule has 0 aliphatic rings. The highest BCUT2D eigenvalue weighted by molar-refractivity contribution is 5.85. The van der Waals surface area contributed by atoms with E-state index in [1.165, 1.54) is 0 Å². The number of aromatic nitrogens is 2. The smallest absolute Gasteiger partial charge is 0.0640 e. The van der Waals surface area contributed by atoms with Gasteiger partial charge in [-0.2, -0.15) is 5.10 Å². The van der Waals surface area contributed by atoms with E-state index in [9.17, 15) is 0 Å². The van der Waals surface area contributed by atoms with E-state index >= 15 is 0 Å². The lowest BCUT2D eigenvalue weighted by Crippen LogP contribution is -2.01. The van der Waals surface area contributed by atoms with Gasteiger partial charge in [-0.1, -0.05) is 0 Å². The average Bonchev–Trinajstić information content (AvgIpc) is 2.17. The van der Waals surface area contributed by atoms with Gasteiger partial charge in [0, 0.05) is 6.20 Å². The molecule has 0 radical (unpaired) electrons. The second-order valence-electron chi connectivity index (χ2n) is 2.00. The predicted octanol–water partition coefficient (Wildman–Crippen LogP) is 0.606. The molecule has 0 aliphatic carbocycles. The van der Waals surface area contributed by atoms with Gasteiger partial charge in [0.05, 0.1) is 19.3 Å². The molecule has 0 aromatic carbocycles. The van der Waals surface area contributed by atoms with E-state index in [1.807, 2.05) is 13.1 Å². The molecule has 0 fully saturated rings. The van der Waals surface area contributed by atoms with E-state index in [4.69, 9.17) is 5.11 Å². The van der Waals surface area contributed by atoms with Crippen molar-refractivity contribution in [1.82, 2.24) is 9.78 Å². The van der Waals surface area contributed by atoms with Crippen LogP contribution in [0.2, 0.25) is 0 Å². The summed E-state index contributed by atoms with van der Waals surface area (Å²) in [5, 5.41) is 12.4. The highest BCUT2D eigenvalue weighted by Gasteiger charge is 1.89. The van der Waals surface area contributed by atoms with Crippen molar-refractivity contribution in [3.05, 3.63) is 18.0 Å². The quantitative estimate of drug-likeness (QED) is 0.692. The van der Waals surface area contributed by atoms with Crippen LogP contribution in [-0.2, 0) is 6.54 Å². The lowest BCUT2D eigenvalue weighted by Gasteiger charge is -1.92. The fraction of sp³-hybridized carbons (Fsp3) is 0.500. The lowest BCUT2D eigenvalue weighted by molar-refractivity contribution is 0.269. The molecule has 0 atom stereocenters. The summed E-state index contributed by atoms with van der Waals surface area (Å²) in [6.07, 6.45) is 3.67. The summed E-state index contributed by atoms with van der Waals surface area (Å²) in [6, 6.07) is 0. The monoisotopic (exact) mass is 162 g/mol. The van der Waals surface area contributed by atoms with Crippen LogP contribution in [0.3, 0.4) is 0 Å². The molecule has 1 heterocycles. The van der Waals surface area contributed by atoms with Crippen LogP contribution < -0.4 is 0 Å². The number of aliphatic hydroxyl groups is 1. The highest BCUT2D eigenvalue weighted by Crippen LogP contribution is 1.92. The molecule has 0 saturated heterocycles. The largest absolute Gasteiger partial charge is 0.394 e. The molecule has 1 N–H and O–H groups in total. The van der Waals surface area contributed by atoms with E-state index in [1.54, 1.807) is 10.9 Å². The minimum atomic E-state index is 0. The molecule has 0 unspecified atom stereocenters. The summed E-state index contributed by atoms with van der Waals surface area (Å²) < 4.78 is 1.72. The number of aryl methyl sites for hydroxylation is 1. The lowest BCUT2D eigenvalue weighted by atomic mass is 10.4. The zero-order chi connectivity index (χ0) is 6.69. The van der Waals surface area contributed by atoms with Gasteiger partial charge >= 0.3 is 0 Å². The topological polar surface area (TPSA) is 38.0 Å². The number of rotatable bonds is 2. The Bertz CT molecular complexity index is 188. The Hall–Kier alpha value is -0.540. The molecule has 10 heavy (non-hydrogen) atoms. The Morgan fingerprint density at radius 3 is 2.80 bits per heavy atom. The first-order chi connectivity index (χ1) is 4.33. The summed E-state index contributed by atoms with van der Waals surface area (Å²) in [4.78, 5) is 0. The predicted molar refractivity (Wildman–Crippen MR) is 41.3 cm³/mol. The first kappa shape index (κ1) is 9.46. The Balaban J connectivity index is 0.000000810. The van der Waals surface area contributed by atoms with Gasteiger partial charge in [-0.15, -0.1) is 12.4 Å². The number of aliphatic hydroxyl groups excluding tert-OH is 1. The zero-order valence-corrected chi connectivity index (χ0v) is 6.64. The van der Waals surface area contributed by atoms with Gasteiger partial charge in [0.25, 0.3) is 0 Å². The van der Waals surface area contributed by atoms with Crippen LogP contribution in [0.15, 0.2) is 12.4 Å². The zero-order valence-electron chi connectivity index (χ0n) is 5.82. The Labute approximate surface area is 66.1 Å². The molecular formula is C6H11ClN2O. The number of halogens is 1. The molecule has 4 heteroatoms. The maximum Gasteiger partial charge on any atom is 0.0640 e. The highest BCUT2D eigenvalue weighted by atomic mass is 35.5. The first-order valence-electron chi connectivity index (χ1n) is 2.93. The van der Waals surface area contributed by atoms with Gasteiger partial charge in [-0.25, -0.2) is 0 Å². The van der Waals surface area contributed by atoms with Gasteiger partial charge < -0.3 is 5.11 Å².